The predicted molar refractivity (Wildman–Crippen MR) is 110 cm³/mol. The lowest BCUT2D eigenvalue weighted by Gasteiger charge is -2.29. The van der Waals surface area contributed by atoms with Gasteiger partial charge in [0.2, 0.25) is 0 Å². The molecule has 0 bridgehead atoms. The van der Waals surface area contributed by atoms with E-state index in [2.05, 4.69) is 43.7 Å². The lowest BCUT2D eigenvalue weighted by molar-refractivity contribution is 0.303. The highest BCUT2D eigenvalue weighted by molar-refractivity contribution is 6.22. The standard InChI is InChI=1S/C22H22N6O/c1-2-19-25-26-21-13-27(9-10-28(19)21)20-11-14(7-8-23-20)22-17-12-16(29-15-3-4-15)5-6-18(17)24-22/h5-8,11-12,15H,2-4,9-10,13H2,1H3. The predicted octanol–water partition coefficient (Wildman–Crippen LogP) is 3.28. The Hall–Kier alpha value is -3.22. The molecule has 3 aromatic rings. The molecule has 0 atom stereocenters. The van der Waals surface area contributed by atoms with Crippen molar-refractivity contribution in [2.75, 3.05) is 11.4 Å². The summed E-state index contributed by atoms with van der Waals surface area (Å²) in [5.41, 5.74) is 4.29. The Morgan fingerprint density at radius 3 is 2.90 bits per heavy atom. The molecular weight excluding hydrogens is 364 g/mol. The Bertz CT molecular complexity index is 1130. The molecule has 29 heavy (non-hydrogen) atoms. The number of nitrogens with zero attached hydrogens (tertiary/aromatic N) is 6. The molecule has 1 fully saturated rings. The Balaban J connectivity index is 1.25. The van der Waals surface area contributed by atoms with Crippen molar-refractivity contribution < 1.29 is 4.74 Å². The van der Waals surface area contributed by atoms with Gasteiger partial charge in [-0.15, -0.1) is 10.2 Å². The summed E-state index contributed by atoms with van der Waals surface area (Å²) < 4.78 is 8.18. The van der Waals surface area contributed by atoms with Crippen LogP contribution < -0.4 is 9.64 Å². The van der Waals surface area contributed by atoms with Crippen LogP contribution in [0.5, 0.6) is 5.75 Å². The zero-order chi connectivity index (χ0) is 19.4. The van der Waals surface area contributed by atoms with Crippen LogP contribution in [0.1, 0.15) is 42.5 Å². The minimum atomic E-state index is 0.399. The van der Waals surface area contributed by atoms with Crippen molar-refractivity contribution in [3.63, 3.8) is 0 Å². The first-order valence-corrected chi connectivity index (χ1v) is 10.3. The first-order chi connectivity index (χ1) is 14.3. The third-order valence-electron chi connectivity index (χ3n) is 5.77. The number of ether oxygens (including phenoxy) is 1. The Morgan fingerprint density at radius 2 is 2.03 bits per heavy atom. The van der Waals surface area contributed by atoms with Crippen molar-refractivity contribution in [3.8, 4) is 5.75 Å². The molecule has 1 saturated carbocycles. The second kappa shape index (κ2) is 6.40. The van der Waals surface area contributed by atoms with E-state index in [9.17, 15) is 0 Å². The molecule has 2 aliphatic heterocycles. The van der Waals surface area contributed by atoms with Crippen LogP contribution in [0, 0.1) is 0 Å². The highest BCUT2D eigenvalue weighted by Crippen LogP contribution is 2.37. The van der Waals surface area contributed by atoms with Gasteiger partial charge < -0.3 is 14.2 Å². The van der Waals surface area contributed by atoms with Crippen LogP contribution in [0.25, 0.3) is 0 Å². The minimum Gasteiger partial charge on any atom is -0.490 e. The van der Waals surface area contributed by atoms with Gasteiger partial charge in [-0.2, -0.15) is 0 Å². The van der Waals surface area contributed by atoms with Gasteiger partial charge in [-0.1, -0.05) is 6.92 Å². The molecule has 1 aliphatic carbocycles. The van der Waals surface area contributed by atoms with Crippen LogP contribution in [-0.2, 0) is 19.5 Å². The Morgan fingerprint density at radius 1 is 1.10 bits per heavy atom. The van der Waals surface area contributed by atoms with E-state index in [-0.39, 0.29) is 0 Å². The van der Waals surface area contributed by atoms with Crippen molar-refractivity contribution >= 4 is 17.2 Å². The molecular formula is C22H22N6O. The number of pyridine rings is 1. The third-order valence-corrected chi connectivity index (χ3v) is 5.77. The molecule has 7 heteroatoms. The normalized spacial score (nSPS) is 17.3. The number of benzene rings is 1. The van der Waals surface area contributed by atoms with Crippen LogP contribution in [0.2, 0.25) is 0 Å². The lowest BCUT2D eigenvalue weighted by atomic mass is 9.96. The van der Waals surface area contributed by atoms with Gasteiger partial charge >= 0.3 is 0 Å². The molecule has 2 aromatic heterocycles. The molecule has 4 heterocycles. The highest BCUT2D eigenvalue weighted by Gasteiger charge is 2.27. The largest absolute Gasteiger partial charge is 0.490 e. The molecule has 146 valence electrons. The topological polar surface area (TPSA) is 68.4 Å². The van der Waals surface area contributed by atoms with Gasteiger partial charge in [0.05, 0.1) is 24.0 Å². The summed E-state index contributed by atoms with van der Waals surface area (Å²) in [6.07, 6.45) is 5.50. The summed E-state index contributed by atoms with van der Waals surface area (Å²) in [6, 6.07) is 10.3. The lowest BCUT2D eigenvalue weighted by Crippen LogP contribution is -2.35. The fraction of sp³-hybridized carbons (Fsp3) is 0.364. The van der Waals surface area contributed by atoms with E-state index in [0.29, 0.717) is 6.10 Å². The maximum atomic E-state index is 5.95. The van der Waals surface area contributed by atoms with Gasteiger partial charge in [-0.25, -0.2) is 9.98 Å². The molecule has 0 unspecified atom stereocenters. The van der Waals surface area contributed by atoms with Crippen LogP contribution >= 0.6 is 0 Å². The second-order valence-electron chi connectivity index (χ2n) is 7.82. The number of anilines is 1. The zero-order valence-electron chi connectivity index (χ0n) is 16.4. The summed E-state index contributed by atoms with van der Waals surface area (Å²) in [7, 11) is 0. The fourth-order valence-corrected chi connectivity index (χ4v) is 4.02. The minimum absolute atomic E-state index is 0.399. The van der Waals surface area contributed by atoms with E-state index in [4.69, 9.17) is 9.73 Å². The molecule has 7 nitrogen and oxygen atoms in total. The zero-order valence-corrected chi connectivity index (χ0v) is 16.4. The van der Waals surface area contributed by atoms with Crippen molar-refractivity contribution in [3.05, 3.63) is 59.3 Å². The quantitative estimate of drug-likeness (QED) is 0.527. The van der Waals surface area contributed by atoms with E-state index in [0.717, 1.165) is 84.6 Å². The average Bonchev–Trinajstić information content (AvgIpc) is 3.46. The van der Waals surface area contributed by atoms with Crippen LogP contribution in [0.15, 0.2) is 41.5 Å². The van der Waals surface area contributed by atoms with E-state index < -0.39 is 0 Å². The van der Waals surface area contributed by atoms with Crippen molar-refractivity contribution in [1.82, 2.24) is 19.7 Å². The summed E-state index contributed by atoms with van der Waals surface area (Å²) in [5, 5.41) is 8.67. The average molecular weight is 386 g/mol. The Labute approximate surface area is 169 Å². The second-order valence-corrected chi connectivity index (χ2v) is 7.82. The smallest absolute Gasteiger partial charge is 0.152 e. The van der Waals surface area contributed by atoms with Crippen LogP contribution in [-0.4, -0.2) is 38.1 Å². The molecule has 0 N–H and O–H groups in total. The fourth-order valence-electron chi connectivity index (χ4n) is 4.02. The van der Waals surface area contributed by atoms with Gasteiger partial charge in [0, 0.05) is 36.8 Å². The number of hydrogen-bond acceptors (Lipinski definition) is 6. The molecule has 0 radical (unpaired) electrons. The summed E-state index contributed by atoms with van der Waals surface area (Å²) in [4.78, 5) is 11.6. The third kappa shape index (κ3) is 2.88. The molecule has 1 aromatic carbocycles. The maximum absolute atomic E-state index is 5.95. The number of hydrogen-bond donors (Lipinski definition) is 0. The number of aliphatic imine (C=N–C) groups is 1. The van der Waals surface area contributed by atoms with Gasteiger partial charge in [0.25, 0.3) is 0 Å². The highest BCUT2D eigenvalue weighted by atomic mass is 16.5. The van der Waals surface area contributed by atoms with Crippen molar-refractivity contribution in [2.45, 2.75) is 45.4 Å². The monoisotopic (exact) mass is 386 g/mol. The number of rotatable bonds is 5. The number of fused-ring (bicyclic) bond motifs is 2. The summed E-state index contributed by atoms with van der Waals surface area (Å²) in [6.45, 7) is 4.64. The summed E-state index contributed by atoms with van der Waals surface area (Å²) in [5.74, 6) is 3.96. The van der Waals surface area contributed by atoms with Gasteiger partial charge in [0.15, 0.2) is 5.82 Å². The van der Waals surface area contributed by atoms with E-state index >= 15 is 0 Å². The van der Waals surface area contributed by atoms with E-state index in [1.54, 1.807) is 0 Å². The van der Waals surface area contributed by atoms with Gasteiger partial charge in [0.1, 0.15) is 17.4 Å². The maximum Gasteiger partial charge on any atom is 0.152 e. The van der Waals surface area contributed by atoms with Crippen molar-refractivity contribution in [1.29, 1.82) is 0 Å². The molecule has 0 saturated heterocycles. The number of aromatic nitrogens is 4. The molecule has 0 amide bonds. The van der Waals surface area contributed by atoms with Crippen molar-refractivity contribution in [2.24, 2.45) is 4.99 Å². The SMILES string of the molecule is CCc1nnc2n1CCN(c1cc(C3=Nc4ccc(OC5CC5)cc43)ccn1)C2. The van der Waals surface area contributed by atoms with Gasteiger partial charge in [-0.3, -0.25) is 0 Å². The molecule has 6 rings (SSSR count). The Kier molecular flexibility index (Phi) is 3.69. The summed E-state index contributed by atoms with van der Waals surface area (Å²) >= 11 is 0. The van der Waals surface area contributed by atoms with E-state index in [1.807, 2.05) is 24.4 Å². The first-order valence-electron chi connectivity index (χ1n) is 10.3. The molecule has 3 aliphatic rings. The number of aryl methyl sites for hydroxylation is 1. The first kappa shape index (κ1) is 16.7. The van der Waals surface area contributed by atoms with E-state index in [1.165, 1.54) is 0 Å². The van der Waals surface area contributed by atoms with Crippen LogP contribution in [0.4, 0.5) is 11.5 Å². The van der Waals surface area contributed by atoms with Crippen LogP contribution in [0.3, 0.4) is 0 Å². The van der Waals surface area contributed by atoms with Gasteiger partial charge in [-0.05, 0) is 43.2 Å². The molecule has 0 spiro atoms.